The Morgan fingerprint density at radius 3 is 2.83 bits per heavy atom. The summed E-state index contributed by atoms with van der Waals surface area (Å²) in [6.07, 6.45) is 0.270. The Labute approximate surface area is 106 Å². The van der Waals surface area contributed by atoms with E-state index in [-0.39, 0.29) is 18.5 Å². The zero-order chi connectivity index (χ0) is 13.8. The van der Waals surface area contributed by atoms with Crippen molar-refractivity contribution >= 4 is 6.09 Å². The van der Waals surface area contributed by atoms with Crippen LogP contribution < -0.4 is 0 Å². The van der Waals surface area contributed by atoms with Gasteiger partial charge in [0, 0.05) is 17.5 Å². The van der Waals surface area contributed by atoms with E-state index in [1.54, 1.807) is 20.8 Å². The van der Waals surface area contributed by atoms with E-state index < -0.39 is 11.7 Å². The third kappa shape index (κ3) is 3.82. The molecule has 1 heterocycles. The van der Waals surface area contributed by atoms with E-state index >= 15 is 0 Å². The second-order valence-corrected chi connectivity index (χ2v) is 5.24. The van der Waals surface area contributed by atoms with Gasteiger partial charge >= 0.3 is 6.09 Å². The van der Waals surface area contributed by atoms with Crippen molar-refractivity contribution in [3.05, 3.63) is 10.4 Å². The van der Waals surface area contributed by atoms with Gasteiger partial charge in [0.15, 0.2) is 0 Å². The summed E-state index contributed by atoms with van der Waals surface area (Å²) in [6, 6.07) is 1.52. The van der Waals surface area contributed by atoms with Crippen LogP contribution in [0.25, 0.3) is 10.4 Å². The Bertz CT molecular complexity index is 403. The summed E-state index contributed by atoms with van der Waals surface area (Å²) in [5.74, 6) is 0. The highest BCUT2D eigenvalue weighted by Crippen LogP contribution is 2.25. The number of rotatable bonds is 2. The van der Waals surface area contributed by atoms with Crippen molar-refractivity contribution < 1.29 is 9.53 Å². The summed E-state index contributed by atoms with van der Waals surface area (Å²) >= 11 is 0. The second kappa shape index (κ2) is 5.61. The maximum absolute atomic E-state index is 12.0. The largest absolute Gasteiger partial charge is 0.444 e. The molecule has 0 aliphatic carbocycles. The maximum Gasteiger partial charge on any atom is 0.410 e. The molecule has 1 fully saturated rings. The standard InChI is InChI=1S/C11H17N5O2/c1-11(2,3)18-10(17)16-7-8(14-15-13)6-9(16)4-5-12/h8-9H,4,6-7H2,1-3H3/t8-,9+/m1/s1. The van der Waals surface area contributed by atoms with Crippen LogP contribution in [0.3, 0.4) is 0 Å². The average molecular weight is 251 g/mol. The molecular weight excluding hydrogens is 234 g/mol. The summed E-state index contributed by atoms with van der Waals surface area (Å²) in [5.41, 5.74) is 7.83. The van der Waals surface area contributed by atoms with E-state index in [2.05, 4.69) is 10.0 Å². The number of nitrogens with zero attached hydrogens (tertiary/aromatic N) is 5. The van der Waals surface area contributed by atoms with E-state index in [9.17, 15) is 4.79 Å². The maximum atomic E-state index is 12.0. The van der Waals surface area contributed by atoms with Crippen molar-refractivity contribution in [3.63, 3.8) is 0 Å². The molecule has 1 aliphatic heterocycles. The normalized spacial score (nSPS) is 23.1. The Hall–Kier alpha value is -1.93. The third-order valence-corrected chi connectivity index (χ3v) is 2.56. The van der Waals surface area contributed by atoms with Gasteiger partial charge in [0.25, 0.3) is 0 Å². The lowest BCUT2D eigenvalue weighted by molar-refractivity contribution is 0.0228. The molecule has 0 aromatic heterocycles. The number of nitriles is 1. The number of carbonyl (C=O) groups is 1. The summed E-state index contributed by atoms with van der Waals surface area (Å²) in [4.78, 5) is 16.2. The zero-order valence-corrected chi connectivity index (χ0v) is 10.8. The predicted molar refractivity (Wildman–Crippen MR) is 64.5 cm³/mol. The molecule has 0 aromatic carbocycles. The van der Waals surface area contributed by atoms with Crippen LogP contribution in [0, 0.1) is 11.3 Å². The Morgan fingerprint density at radius 2 is 2.33 bits per heavy atom. The van der Waals surface area contributed by atoms with Crippen LogP contribution in [0.15, 0.2) is 5.11 Å². The van der Waals surface area contributed by atoms with Gasteiger partial charge in [0.05, 0.1) is 18.5 Å². The smallest absolute Gasteiger partial charge is 0.410 e. The molecule has 1 aliphatic rings. The molecule has 98 valence electrons. The first-order chi connectivity index (χ1) is 8.37. The number of hydrogen-bond donors (Lipinski definition) is 0. The number of amides is 1. The monoisotopic (exact) mass is 251 g/mol. The predicted octanol–water partition coefficient (Wildman–Crippen LogP) is 2.59. The molecule has 1 amide bonds. The molecule has 2 atom stereocenters. The van der Waals surface area contributed by atoms with Gasteiger partial charge in [-0.25, -0.2) is 4.79 Å². The highest BCUT2D eigenvalue weighted by molar-refractivity contribution is 5.69. The fourth-order valence-corrected chi connectivity index (χ4v) is 1.89. The van der Waals surface area contributed by atoms with E-state index in [0.29, 0.717) is 13.0 Å². The minimum atomic E-state index is -0.579. The topological polar surface area (TPSA) is 102 Å². The first-order valence-corrected chi connectivity index (χ1v) is 5.78. The van der Waals surface area contributed by atoms with Gasteiger partial charge < -0.3 is 9.64 Å². The Morgan fingerprint density at radius 1 is 1.67 bits per heavy atom. The van der Waals surface area contributed by atoms with Crippen molar-refractivity contribution in [2.24, 2.45) is 5.11 Å². The number of hydrogen-bond acceptors (Lipinski definition) is 4. The van der Waals surface area contributed by atoms with E-state index in [4.69, 9.17) is 15.5 Å². The SMILES string of the molecule is CC(C)(C)OC(=O)N1C[C@H](N=[N+]=[N-])C[C@@H]1CC#N. The summed E-state index contributed by atoms with van der Waals surface area (Å²) in [5, 5.41) is 12.3. The van der Waals surface area contributed by atoms with Crippen molar-refractivity contribution in [3.8, 4) is 6.07 Å². The molecule has 0 saturated carbocycles. The average Bonchev–Trinajstić information content (AvgIpc) is 2.60. The lowest BCUT2D eigenvalue weighted by atomic mass is 10.1. The molecule has 18 heavy (non-hydrogen) atoms. The molecule has 0 unspecified atom stereocenters. The molecule has 0 aromatic rings. The zero-order valence-electron chi connectivity index (χ0n) is 10.8. The molecule has 0 spiro atoms. The van der Waals surface area contributed by atoms with E-state index in [1.165, 1.54) is 4.90 Å². The van der Waals surface area contributed by atoms with Crippen LogP contribution in [0.5, 0.6) is 0 Å². The van der Waals surface area contributed by atoms with Crippen molar-refractivity contribution in [1.82, 2.24) is 4.90 Å². The number of likely N-dealkylation sites (tertiary alicyclic amines) is 1. The van der Waals surface area contributed by atoms with Gasteiger partial charge in [0.1, 0.15) is 5.60 Å². The number of ether oxygens (including phenoxy) is 1. The molecular formula is C11H17N5O2. The Balaban J connectivity index is 2.75. The quantitative estimate of drug-likeness (QED) is 0.428. The van der Waals surface area contributed by atoms with Crippen LogP contribution in [0.4, 0.5) is 4.79 Å². The lowest BCUT2D eigenvalue weighted by Gasteiger charge is -2.27. The molecule has 7 nitrogen and oxygen atoms in total. The summed E-state index contributed by atoms with van der Waals surface area (Å²) < 4.78 is 5.27. The van der Waals surface area contributed by atoms with E-state index in [1.807, 2.05) is 6.07 Å². The van der Waals surface area contributed by atoms with Gasteiger partial charge in [-0.05, 0) is 32.7 Å². The molecule has 7 heteroatoms. The van der Waals surface area contributed by atoms with Crippen LogP contribution in [0.2, 0.25) is 0 Å². The highest BCUT2D eigenvalue weighted by atomic mass is 16.6. The van der Waals surface area contributed by atoms with Crippen LogP contribution in [-0.4, -0.2) is 35.2 Å². The van der Waals surface area contributed by atoms with Crippen molar-refractivity contribution in [1.29, 1.82) is 5.26 Å². The van der Waals surface area contributed by atoms with Crippen molar-refractivity contribution in [2.75, 3.05) is 6.54 Å². The van der Waals surface area contributed by atoms with Gasteiger partial charge in [-0.15, -0.1) is 0 Å². The van der Waals surface area contributed by atoms with Gasteiger partial charge in [-0.3, -0.25) is 0 Å². The minimum absolute atomic E-state index is 0.219. The van der Waals surface area contributed by atoms with Gasteiger partial charge in [0.2, 0.25) is 0 Å². The fourth-order valence-electron chi connectivity index (χ4n) is 1.89. The second-order valence-electron chi connectivity index (χ2n) is 5.24. The first kappa shape index (κ1) is 14.1. The molecule has 1 saturated heterocycles. The molecule has 1 rings (SSSR count). The fraction of sp³-hybridized carbons (Fsp3) is 0.818. The summed E-state index contributed by atoms with van der Waals surface area (Å²) in [6.45, 7) is 5.66. The first-order valence-electron chi connectivity index (χ1n) is 5.78. The highest BCUT2D eigenvalue weighted by Gasteiger charge is 2.36. The number of azide groups is 1. The van der Waals surface area contributed by atoms with E-state index in [0.717, 1.165) is 0 Å². The van der Waals surface area contributed by atoms with Gasteiger partial charge in [-0.1, -0.05) is 5.11 Å². The van der Waals surface area contributed by atoms with Crippen LogP contribution in [-0.2, 0) is 4.74 Å². The Kier molecular flexibility index (Phi) is 4.40. The van der Waals surface area contributed by atoms with Crippen LogP contribution >= 0.6 is 0 Å². The minimum Gasteiger partial charge on any atom is -0.444 e. The van der Waals surface area contributed by atoms with Crippen molar-refractivity contribution in [2.45, 2.75) is 51.3 Å². The lowest BCUT2D eigenvalue weighted by Crippen LogP contribution is -2.40. The van der Waals surface area contributed by atoms with Gasteiger partial charge in [-0.2, -0.15) is 5.26 Å². The molecule has 0 bridgehead atoms. The number of carbonyl (C=O) groups excluding carboxylic acids is 1. The molecule has 0 radical (unpaired) electrons. The third-order valence-electron chi connectivity index (χ3n) is 2.56. The van der Waals surface area contributed by atoms with Crippen LogP contribution in [0.1, 0.15) is 33.6 Å². The summed E-state index contributed by atoms with van der Waals surface area (Å²) in [7, 11) is 0. The molecule has 0 N–H and O–H groups in total.